The molecule has 1 aliphatic heterocycles. The summed E-state index contributed by atoms with van der Waals surface area (Å²) in [5.74, 6) is 2.60. The summed E-state index contributed by atoms with van der Waals surface area (Å²) in [5.41, 5.74) is 2.70. The molecule has 0 saturated heterocycles. The summed E-state index contributed by atoms with van der Waals surface area (Å²) in [5, 5.41) is 18.5. The van der Waals surface area contributed by atoms with Crippen LogP contribution < -0.4 is 20.1 Å². The number of carbonyl (C=O) groups is 1. The molecule has 0 spiro atoms. The number of aromatic nitrogens is 3. The first-order chi connectivity index (χ1) is 19.2. The van der Waals surface area contributed by atoms with Crippen LogP contribution in [-0.4, -0.2) is 39.6 Å². The Balaban J connectivity index is 1.13. The van der Waals surface area contributed by atoms with Gasteiger partial charge < -0.3 is 20.1 Å². The lowest BCUT2D eigenvalue weighted by Gasteiger charge is -2.19. The predicted octanol–water partition coefficient (Wildman–Crippen LogP) is 5.92. The Labute approximate surface area is 230 Å². The molecule has 6 rings (SSSR count). The van der Waals surface area contributed by atoms with E-state index in [4.69, 9.17) is 9.47 Å². The van der Waals surface area contributed by atoms with Crippen molar-refractivity contribution in [3.05, 3.63) is 96.8 Å². The molecule has 9 heteroatoms. The summed E-state index contributed by atoms with van der Waals surface area (Å²) in [6.07, 6.45) is 0.324. The van der Waals surface area contributed by atoms with Crippen molar-refractivity contribution in [3.8, 4) is 17.2 Å². The van der Waals surface area contributed by atoms with Gasteiger partial charge in [0.05, 0.1) is 6.54 Å². The Morgan fingerprint density at radius 1 is 0.872 bits per heavy atom. The van der Waals surface area contributed by atoms with Crippen molar-refractivity contribution in [1.82, 2.24) is 14.8 Å². The van der Waals surface area contributed by atoms with Crippen molar-refractivity contribution in [2.75, 3.05) is 29.6 Å². The van der Waals surface area contributed by atoms with Crippen LogP contribution in [0.3, 0.4) is 0 Å². The van der Waals surface area contributed by atoms with Crippen LogP contribution in [0.1, 0.15) is 12.2 Å². The lowest BCUT2D eigenvalue weighted by molar-refractivity contribution is -0.115. The minimum Gasteiger partial charge on any atom is -0.486 e. The van der Waals surface area contributed by atoms with E-state index in [2.05, 4.69) is 45.1 Å². The highest BCUT2D eigenvalue weighted by Crippen LogP contribution is 2.33. The Morgan fingerprint density at radius 3 is 2.56 bits per heavy atom. The molecule has 0 saturated carbocycles. The fraction of sp³-hybridized carbons (Fsp3) is 0.167. The van der Waals surface area contributed by atoms with Gasteiger partial charge in [-0.15, -0.1) is 10.2 Å². The maximum atomic E-state index is 12.6. The number of amides is 1. The van der Waals surface area contributed by atoms with E-state index in [0.717, 1.165) is 27.7 Å². The Kier molecular flexibility index (Phi) is 7.31. The van der Waals surface area contributed by atoms with Crippen LogP contribution in [0.25, 0.3) is 16.5 Å². The van der Waals surface area contributed by atoms with Gasteiger partial charge in [-0.05, 0) is 35.7 Å². The number of rotatable bonds is 9. The summed E-state index contributed by atoms with van der Waals surface area (Å²) in [4.78, 5) is 12.6. The van der Waals surface area contributed by atoms with Gasteiger partial charge in [0.2, 0.25) is 5.91 Å². The highest BCUT2D eigenvalue weighted by atomic mass is 32.2. The monoisotopic (exact) mass is 537 g/mol. The Morgan fingerprint density at radius 2 is 1.67 bits per heavy atom. The number of nitrogens with zero attached hydrogens (tertiary/aromatic N) is 3. The van der Waals surface area contributed by atoms with Gasteiger partial charge in [0.25, 0.3) is 0 Å². The Hall–Kier alpha value is -4.50. The smallest absolute Gasteiger partial charge is 0.225 e. The van der Waals surface area contributed by atoms with E-state index in [0.29, 0.717) is 49.1 Å². The average molecular weight is 538 g/mol. The third-order valence-electron chi connectivity index (χ3n) is 6.33. The highest BCUT2D eigenvalue weighted by Gasteiger charge is 2.16. The molecule has 0 aliphatic carbocycles. The number of hydrogen-bond acceptors (Lipinski definition) is 7. The van der Waals surface area contributed by atoms with Crippen LogP contribution in [0.15, 0.2) is 96.2 Å². The van der Waals surface area contributed by atoms with Gasteiger partial charge in [-0.25, -0.2) is 0 Å². The normalized spacial score (nSPS) is 12.3. The topological polar surface area (TPSA) is 90.3 Å². The van der Waals surface area contributed by atoms with Crippen molar-refractivity contribution in [3.63, 3.8) is 0 Å². The number of hydrogen-bond donors (Lipinski definition) is 2. The van der Waals surface area contributed by atoms with Gasteiger partial charge >= 0.3 is 0 Å². The first kappa shape index (κ1) is 24.8. The minimum atomic E-state index is -0.0807. The molecule has 196 valence electrons. The molecule has 1 aliphatic rings. The van der Waals surface area contributed by atoms with E-state index in [1.165, 1.54) is 17.1 Å². The zero-order valence-corrected chi connectivity index (χ0v) is 22.0. The third-order valence-corrected chi connectivity index (χ3v) is 7.26. The summed E-state index contributed by atoms with van der Waals surface area (Å²) in [6, 6.07) is 30.0. The maximum Gasteiger partial charge on any atom is 0.225 e. The van der Waals surface area contributed by atoms with E-state index >= 15 is 0 Å². The fourth-order valence-electron chi connectivity index (χ4n) is 4.48. The number of carbonyl (C=O) groups excluding carboxylic acids is 1. The molecular weight excluding hydrogens is 510 g/mol. The first-order valence-electron chi connectivity index (χ1n) is 12.8. The number of para-hydroxylation sites is 1. The highest BCUT2D eigenvalue weighted by molar-refractivity contribution is 7.99. The molecule has 0 fully saturated rings. The van der Waals surface area contributed by atoms with Crippen LogP contribution in [0.4, 0.5) is 11.4 Å². The molecule has 2 heterocycles. The molecule has 0 atom stereocenters. The van der Waals surface area contributed by atoms with Gasteiger partial charge in [-0.2, -0.15) is 0 Å². The molecule has 0 bridgehead atoms. The van der Waals surface area contributed by atoms with Gasteiger partial charge in [0.1, 0.15) is 13.2 Å². The van der Waals surface area contributed by atoms with E-state index in [9.17, 15) is 4.79 Å². The second kappa shape index (κ2) is 11.5. The summed E-state index contributed by atoms with van der Waals surface area (Å²) in [7, 11) is 0. The van der Waals surface area contributed by atoms with Crippen molar-refractivity contribution >= 4 is 39.8 Å². The second-order valence-electron chi connectivity index (χ2n) is 8.96. The molecule has 8 nitrogen and oxygen atoms in total. The van der Waals surface area contributed by atoms with Crippen LogP contribution in [0.5, 0.6) is 11.5 Å². The fourth-order valence-corrected chi connectivity index (χ4v) is 5.39. The molecule has 2 N–H and O–H groups in total. The van der Waals surface area contributed by atoms with Crippen LogP contribution >= 0.6 is 11.8 Å². The molecule has 39 heavy (non-hydrogen) atoms. The number of anilines is 2. The van der Waals surface area contributed by atoms with Crippen LogP contribution in [-0.2, 0) is 11.3 Å². The number of thioether (sulfide) groups is 1. The molecule has 0 radical (unpaired) electrons. The lowest BCUT2D eigenvalue weighted by atomic mass is 10.1. The summed E-state index contributed by atoms with van der Waals surface area (Å²) < 4.78 is 13.2. The van der Waals surface area contributed by atoms with Crippen molar-refractivity contribution in [2.24, 2.45) is 0 Å². The van der Waals surface area contributed by atoms with Gasteiger partial charge in [0.15, 0.2) is 22.5 Å². The van der Waals surface area contributed by atoms with Crippen LogP contribution in [0.2, 0.25) is 0 Å². The SMILES string of the molecule is O=C(CCSc1nnc(CNc2cccc3ccccc23)n1-c1ccccc1)Nc1ccc2c(c1)OCCO2. The van der Waals surface area contributed by atoms with Gasteiger partial charge in [0, 0.05) is 40.7 Å². The average Bonchev–Trinajstić information content (AvgIpc) is 3.39. The molecule has 1 amide bonds. The van der Waals surface area contributed by atoms with Crippen molar-refractivity contribution in [2.45, 2.75) is 18.1 Å². The molecule has 0 unspecified atom stereocenters. The van der Waals surface area contributed by atoms with Gasteiger partial charge in [-0.3, -0.25) is 9.36 Å². The lowest BCUT2D eigenvalue weighted by Crippen LogP contribution is -2.16. The number of fused-ring (bicyclic) bond motifs is 2. The van der Waals surface area contributed by atoms with E-state index in [1.54, 1.807) is 6.07 Å². The molecule has 4 aromatic carbocycles. The van der Waals surface area contributed by atoms with Crippen LogP contribution in [0, 0.1) is 0 Å². The summed E-state index contributed by atoms with van der Waals surface area (Å²) in [6.45, 7) is 1.54. The van der Waals surface area contributed by atoms with E-state index in [1.807, 2.05) is 65.2 Å². The number of benzene rings is 4. The van der Waals surface area contributed by atoms with E-state index < -0.39 is 0 Å². The van der Waals surface area contributed by atoms with Gasteiger partial charge in [-0.1, -0.05) is 66.4 Å². The Bertz CT molecular complexity index is 1600. The quantitative estimate of drug-likeness (QED) is 0.225. The number of ether oxygens (including phenoxy) is 2. The minimum absolute atomic E-state index is 0.0807. The molecule has 1 aromatic heterocycles. The largest absolute Gasteiger partial charge is 0.486 e. The zero-order chi connectivity index (χ0) is 26.4. The standard InChI is InChI=1S/C30H27N5O3S/c36-29(32-22-13-14-26-27(19-22)38-17-16-37-26)15-18-39-30-34-33-28(35(30)23-9-2-1-3-10-23)20-31-25-12-6-8-21-7-4-5-11-24(21)25/h1-14,19,31H,15-18,20H2,(H,32,36). The van der Waals surface area contributed by atoms with Crippen molar-refractivity contribution in [1.29, 1.82) is 0 Å². The second-order valence-corrected chi connectivity index (χ2v) is 10.0. The molecular formula is C30H27N5O3S. The zero-order valence-electron chi connectivity index (χ0n) is 21.2. The maximum absolute atomic E-state index is 12.6. The van der Waals surface area contributed by atoms with E-state index in [-0.39, 0.29) is 5.91 Å². The number of nitrogens with one attached hydrogen (secondary N) is 2. The first-order valence-corrected chi connectivity index (χ1v) is 13.8. The van der Waals surface area contributed by atoms with Crippen molar-refractivity contribution < 1.29 is 14.3 Å². The third kappa shape index (κ3) is 5.68. The summed E-state index contributed by atoms with van der Waals surface area (Å²) >= 11 is 1.50. The molecule has 5 aromatic rings. The predicted molar refractivity (Wildman–Crippen MR) is 154 cm³/mol.